The molecule has 2 heteroatoms. The van der Waals surface area contributed by atoms with Crippen LogP contribution in [0, 0.1) is 27.1 Å². The van der Waals surface area contributed by atoms with Gasteiger partial charge in [-0.05, 0) is 102 Å². The third-order valence-electron chi connectivity index (χ3n) is 6.71. The van der Waals surface area contributed by atoms with Crippen molar-refractivity contribution in [2.75, 3.05) is 0 Å². The lowest BCUT2D eigenvalue weighted by Crippen LogP contribution is -2.25. The fourth-order valence-electron chi connectivity index (χ4n) is 5.13. The Morgan fingerprint density at radius 1 is 0.958 bits per heavy atom. The van der Waals surface area contributed by atoms with Crippen LogP contribution in [-0.4, -0.2) is 0 Å². The van der Waals surface area contributed by atoms with E-state index in [-0.39, 0.29) is 5.82 Å². The first-order valence-corrected chi connectivity index (χ1v) is 11.2. The molecule has 0 heterocycles. The van der Waals surface area contributed by atoms with Crippen molar-refractivity contribution in [2.45, 2.75) is 83.5 Å². The fourth-order valence-corrected chi connectivity index (χ4v) is 5.67. The lowest BCUT2D eigenvalue weighted by molar-refractivity contribution is 0.156. The molecule has 2 saturated carbocycles. The summed E-state index contributed by atoms with van der Waals surface area (Å²) in [4.78, 5) is 0. The zero-order chi connectivity index (χ0) is 16.9. The third-order valence-corrected chi connectivity index (χ3v) is 7.54. The van der Waals surface area contributed by atoms with E-state index in [1.807, 2.05) is 6.07 Å². The van der Waals surface area contributed by atoms with E-state index < -0.39 is 0 Å². The lowest BCUT2D eigenvalue weighted by Gasteiger charge is -2.38. The highest BCUT2D eigenvalue weighted by molar-refractivity contribution is 14.1. The van der Waals surface area contributed by atoms with Crippen molar-refractivity contribution in [3.8, 4) is 0 Å². The molecule has 0 amide bonds. The van der Waals surface area contributed by atoms with E-state index in [4.69, 9.17) is 0 Å². The van der Waals surface area contributed by atoms with Crippen LogP contribution in [0.4, 0.5) is 4.39 Å². The minimum atomic E-state index is -0.0760. The second kappa shape index (κ2) is 9.00. The van der Waals surface area contributed by atoms with Gasteiger partial charge in [0.2, 0.25) is 0 Å². The summed E-state index contributed by atoms with van der Waals surface area (Å²) in [6.45, 7) is 2.31. The highest BCUT2D eigenvalue weighted by atomic mass is 127. The zero-order valence-electron chi connectivity index (χ0n) is 15.1. The number of halogens is 2. The SMILES string of the molecule is CCCCC1CCC(C2CCC(c3ccc(F)c(I)c3)CC2)CC1. The van der Waals surface area contributed by atoms with Crippen molar-refractivity contribution < 1.29 is 4.39 Å². The molecule has 0 bridgehead atoms. The first-order valence-electron chi connectivity index (χ1n) is 10.1. The van der Waals surface area contributed by atoms with Gasteiger partial charge in [0.15, 0.2) is 0 Å². The molecule has 0 nitrogen and oxygen atoms in total. The average Bonchev–Trinajstić information content (AvgIpc) is 2.63. The normalized spacial score (nSPS) is 31.1. The first-order chi connectivity index (χ1) is 11.7. The van der Waals surface area contributed by atoms with E-state index in [0.29, 0.717) is 5.92 Å². The Morgan fingerprint density at radius 3 is 2.17 bits per heavy atom. The zero-order valence-corrected chi connectivity index (χ0v) is 17.2. The van der Waals surface area contributed by atoms with Crippen molar-refractivity contribution >= 4 is 22.6 Å². The number of unbranched alkanes of at least 4 members (excludes halogenated alkanes) is 1. The maximum Gasteiger partial charge on any atom is 0.136 e. The Morgan fingerprint density at radius 2 is 1.58 bits per heavy atom. The van der Waals surface area contributed by atoms with Gasteiger partial charge in [-0.3, -0.25) is 0 Å². The predicted octanol–water partition coefficient (Wildman–Crippen LogP) is 7.70. The molecule has 0 aromatic heterocycles. The van der Waals surface area contributed by atoms with Crippen molar-refractivity contribution in [1.82, 2.24) is 0 Å². The van der Waals surface area contributed by atoms with Gasteiger partial charge in [0.25, 0.3) is 0 Å². The summed E-state index contributed by atoms with van der Waals surface area (Å²) in [7, 11) is 0. The van der Waals surface area contributed by atoms with Crippen LogP contribution in [0.2, 0.25) is 0 Å². The highest BCUT2D eigenvalue weighted by Gasteiger charge is 2.31. The van der Waals surface area contributed by atoms with Crippen LogP contribution in [0.5, 0.6) is 0 Å². The van der Waals surface area contributed by atoms with Crippen LogP contribution in [-0.2, 0) is 0 Å². The van der Waals surface area contributed by atoms with Crippen molar-refractivity contribution in [3.63, 3.8) is 0 Å². The van der Waals surface area contributed by atoms with E-state index in [9.17, 15) is 4.39 Å². The van der Waals surface area contributed by atoms with E-state index >= 15 is 0 Å². The Labute approximate surface area is 161 Å². The molecular formula is C22H32FI. The van der Waals surface area contributed by atoms with Gasteiger partial charge >= 0.3 is 0 Å². The molecule has 2 fully saturated rings. The molecule has 0 spiro atoms. The summed E-state index contributed by atoms with van der Waals surface area (Å²) in [5.74, 6) is 3.58. The topological polar surface area (TPSA) is 0 Å². The summed E-state index contributed by atoms with van der Waals surface area (Å²) >= 11 is 2.12. The Hall–Kier alpha value is -0.120. The highest BCUT2D eigenvalue weighted by Crippen LogP contribution is 2.44. The van der Waals surface area contributed by atoms with Gasteiger partial charge in [0, 0.05) is 3.57 Å². The number of hydrogen-bond acceptors (Lipinski definition) is 0. The van der Waals surface area contributed by atoms with Gasteiger partial charge in [-0.15, -0.1) is 0 Å². The second-order valence-electron chi connectivity index (χ2n) is 8.21. The largest absolute Gasteiger partial charge is 0.206 e. The summed E-state index contributed by atoms with van der Waals surface area (Å²) in [6.07, 6.45) is 15.6. The van der Waals surface area contributed by atoms with Gasteiger partial charge in [0.1, 0.15) is 5.82 Å². The molecule has 2 aliphatic carbocycles. The van der Waals surface area contributed by atoms with E-state index in [1.54, 1.807) is 6.07 Å². The lowest BCUT2D eigenvalue weighted by atomic mass is 9.68. The molecule has 1 aromatic carbocycles. The van der Waals surface area contributed by atoms with Gasteiger partial charge in [-0.25, -0.2) is 4.39 Å². The van der Waals surface area contributed by atoms with Gasteiger partial charge < -0.3 is 0 Å². The Bertz CT molecular complexity index is 511. The average molecular weight is 442 g/mol. The minimum Gasteiger partial charge on any atom is -0.206 e. The smallest absolute Gasteiger partial charge is 0.136 e. The standard InChI is InChI=1S/C22H32FI/c1-2-3-4-16-5-7-17(8-6-16)18-9-11-19(12-10-18)20-13-14-21(23)22(24)15-20/h13-19H,2-12H2,1H3. The van der Waals surface area contributed by atoms with Crippen molar-refractivity contribution in [1.29, 1.82) is 0 Å². The van der Waals surface area contributed by atoms with Crippen LogP contribution >= 0.6 is 22.6 Å². The summed E-state index contributed by atoms with van der Waals surface area (Å²) < 4.78 is 14.2. The maximum atomic E-state index is 13.5. The molecule has 0 N–H and O–H groups in total. The number of hydrogen-bond donors (Lipinski definition) is 0. The van der Waals surface area contributed by atoms with Crippen LogP contribution in [0.25, 0.3) is 0 Å². The predicted molar refractivity (Wildman–Crippen MR) is 109 cm³/mol. The van der Waals surface area contributed by atoms with Crippen LogP contribution in [0.1, 0.15) is 89.0 Å². The monoisotopic (exact) mass is 442 g/mol. The molecule has 0 atom stereocenters. The summed E-state index contributed by atoms with van der Waals surface area (Å²) in [6, 6.07) is 5.74. The molecule has 1 aromatic rings. The molecule has 24 heavy (non-hydrogen) atoms. The Kier molecular flexibility index (Phi) is 7.00. The van der Waals surface area contributed by atoms with Gasteiger partial charge in [-0.2, -0.15) is 0 Å². The molecule has 134 valence electrons. The van der Waals surface area contributed by atoms with Crippen LogP contribution in [0.15, 0.2) is 18.2 Å². The summed E-state index contributed by atoms with van der Waals surface area (Å²) in [5.41, 5.74) is 1.36. The number of rotatable bonds is 5. The fraction of sp³-hybridized carbons (Fsp3) is 0.727. The van der Waals surface area contributed by atoms with E-state index in [2.05, 4.69) is 35.6 Å². The van der Waals surface area contributed by atoms with Crippen LogP contribution in [0.3, 0.4) is 0 Å². The quantitative estimate of drug-likeness (QED) is 0.410. The van der Waals surface area contributed by atoms with Crippen molar-refractivity contribution in [3.05, 3.63) is 33.1 Å². The maximum absolute atomic E-state index is 13.5. The molecule has 0 unspecified atom stereocenters. The molecule has 2 aliphatic rings. The third kappa shape index (κ3) is 4.74. The summed E-state index contributed by atoms with van der Waals surface area (Å²) in [5, 5.41) is 0. The van der Waals surface area contributed by atoms with Gasteiger partial charge in [0.05, 0.1) is 0 Å². The second-order valence-corrected chi connectivity index (χ2v) is 9.37. The van der Waals surface area contributed by atoms with Crippen molar-refractivity contribution in [2.24, 2.45) is 17.8 Å². The first kappa shape index (κ1) is 18.7. The van der Waals surface area contributed by atoms with Crippen LogP contribution < -0.4 is 0 Å². The molecule has 0 aliphatic heterocycles. The van der Waals surface area contributed by atoms with E-state index in [1.165, 1.54) is 76.2 Å². The number of benzene rings is 1. The minimum absolute atomic E-state index is 0.0760. The Balaban J connectivity index is 1.46. The molecule has 0 saturated heterocycles. The molecule has 0 radical (unpaired) electrons. The van der Waals surface area contributed by atoms with Gasteiger partial charge in [-0.1, -0.05) is 45.1 Å². The molecule has 3 rings (SSSR count). The molecular weight excluding hydrogens is 410 g/mol. The van der Waals surface area contributed by atoms with E-state index in [0.717, 1.165) is 21.3 Å².